The first kappa shape index (κ1) is 19.6. The minimum atomic E-state index is -1.90. The van der Waals surface area contributed by atoms with Crippen LogP contribution in [-0.2, 0) is 4.79 Å². The molecule has 1 heterocycles. The summed E-state index contributed by atoms with van der Waals surface area (Å²) in [7, 11) is -1.90. The van der Waals surface area contributed by atoms with Crippen LogP contribution in [0.1, 0.15) is 26.3 Å². The highest BCUT2D eigenvalue weighted by Gasteiger charge is 2.59. The maximum absolute atomic E-state index is 12.9. The lowest BCUT2D eigenvalue weighted by Crippen LogP contribution is -2.73. The summed E-state index contributed by atoms with van der Waals surface area (Å²) in [5, 5.41) is 10.8. The number of carbonyl (C=O) groups is 1. The summed E-state index contributed by atoms with van der Waals surface area (Å²) in [4.78, 5) is 27.0. The zero-order chi connectivity index (χ0) is 19.0. The monoisotopic (exact) mass is 379 g/mol. The molecule has 0 saturated carbocycles. The molecule has 0 aliphatic carbocycles. The molecule has 1 aliphatic heterocycles. The molecular weight excluding hydrogens is 354 g/mol. The Balaban J connectivity index is 2.18. The number of aliphatic imine (C=N–C) groups is 1. The molecule has 1 aliphatic rings. The van der Waals surface area contributed by atoms with E-state index in [2.05, 4.69) is 38.9 Å². The van der Waals surface area contributed by atoms with E-state index < -0.39 is 18.0 Å². The van der Waals surface area contributed by atoms with Gasteiger partial charge in [0, 0.05) is 18.3 Å². The van der Waals surface area contributed by atoms with Gasteiger partial charge in [0.05, 0.1) is 11.5 Å². The zero-order valence-corrected chi connectivity index (χ0v) is 17.4. The SMILES string of the molecule is CSC1(N=Cc2ccc([N+](=O)[O-])cc2)CN([Si](C)(C)C(C)(C)C)C1=O. The molecule has 0 N–H and O–H groups in total. The van der Waals surface area contributed by atoms with Crippen molar-refractivity contribution >= 4 is 37.8 Å². The maximum atomic E-state index is 12.9. The molecule has 0 bridgehead atoms. The molecule has 6 nitrogen and oxygen atoms in total. The topological polar surface area (TPSA) is 75.8 Å². The van der Waals surface area contributed by atoms with Gasteiger partial charge in [-0.3, -0.25) is 19.9 Å². The van der Waals surface area contributed by atoms with E-state index in [9.17, 15) is 14.9 Å². The largest absolute Gasteiger partial charge is 0.362 e. The van der Waals surface area contributed by atoms with Crippen molar-refractivity contribution in [3.63, 3.8) is 0 Å². The summed E-state index contributed by atoms with van der Waals surface area (Å²) in [5.41, 5.74) is 0.790. The van der Waals surface area contributed by atoms with Gasteiger partial charge in [-0.25, -0.2) is 0 Å². The third-order valence-corrected chi connectivity index (χ3v) is 11.8. The molecule has 1 aromatic rings. The second kappa shape index (κ2) is 6.57. The summed E-state index contributed by atoms with van der Waals surface area (Å²) in [6, 6.07) is 6.17. The Morgan fingerprint density at radius 3 is 2.28 bits per heavy atom. The molecule has 1 unspecified atom stereocenters. The molecule has 25 heavy (non-hydrogen) atoms. The Labute approximate surface area is 153 Å². The average molecular weight is 380 g/mol. The molecule has 1 fully saturated rings. The third-order valence-electron chi connectivity index (χ3n) is 5.33. The second-order valence-electron chi connectivity index (χ2n) is 7.80. The van der Waals surface area contributed by atoms with Gasteiger partial charge in [-0.1, -0.05) is 33.9 Å². The number of amides is 1. The number of non-ortho nitro benzene ring substituents is 1. The first-order valence-corrected chi connectivity index (χ1v) is 12.3. The minimum Gasteiger partial charge on any atom is -0.362 e. The number of carbonyl (C=O) groups excluding carboxylic acids is 1. The van der Waals surface area contributed by atoms with E-state index >= 15 is 0 Å². The van der Waals surface area contributed by atoms with Crippen LogP contribution in [0.2, 0.25) is 18.1 Å². The highest BCUT2D eigenvalue weighted by Crippen LogP contribution is 2.46. The van der Waals surface area contributed by atoms with Crippen LogP contribution >= 0.6 is 11.8 Å². The van der Waals surface area contributed by atoms with Gasteiger partial charge in [0.2, 0.25) is 0 Å². The van der Waals surface area contributed by atoms with Crippen molar-refractivity contribution in [2.75, 3.05) is 12.8 Å². The fourth-order valence-electron chi connectivity index (χ4n) is 2.49. The third kappa shape index (κ3) is 3.50. The van der Waals surface area contributed by atoms with Gasteiger partial charge in [0.15, 0.2) is 13.1 Å². The van der Waals surface area contributed by atoms with E-state index in [1.54, 1.807) is 18.3 Å². The summed E-state index contributed by atoms with van der Waals surface area (Å²) in [6.45, 7) is 11.6. The molecule has 0 radical (unpaired) electrons. The van der Waals surface area contributed by atoms with Crippen molar-refractivity contribution in [2.45, 2.75) is 43.8 Å². The summed E-state index contributed by atoms with van der Waals surface area (Å²) >= 11 is 1.45. The highest BCUT2D eigenvalue weighted by molar-refractivity contribution is 8.00. The average Bonchev–Trinajstić information content (AvgIpc) is 2.53. The minimum absolute atomic E-state index is 0.0422. The molecule has 2 rings (SSSR count). The quantitative estimate of drug-likeness (QED) is 0.255. The van der Waals surface area contributed by atoms with E-state index in [0.717, 1.165) is 5.56 Å². The second-order valence-corrected chi connectivity index (χ2v) is 14.0. The predicted molar refractivity (Wildman–Crippen MR) is 106 cm³/mol. The number of nitro benzene ring substituents is 1. The fourth-order valence-corrected chi connectivity index (χ4v) is 5.51. The Morgan fingerprint density at radius 1 is 1.32 bits per heavy atom. The van der Waals surface area contributed by atoms with Gasteiger partial charge >= 0.3 is 0 Å². The number of thioether (sulfide) groups is 1. The standard InChI is InChI=1S/C17H25N3O3SSi/c1-16(2,3)25(5,6)19-12-17(24-4,15(19)21)18-11-13-7-9-14(10-8-13)20(22)23/h7-11H,12H2,1-6H3. The van der Waals surface area contributed by atoms with Gasteiger partial charge in [-0.2, -0.15) is 0 Å². The number of benzene rings is 1. The van der Waals surface area contributed by atoms with Crippen molar-refractivity contribution in [1.82, 2.24) is 4.57 Å². The van der Waals surface area contributed by atoms with E-state index in [1.807, 2.05) is 10.8 Å². The van der Waals surface area contributed by atoms with Gasteiger partial charge in [-0.15, -0.1) is 11.8 Å². The maximum Gasteiger partial charge on any atom is 0.269 e. The molecule has 0 spiro atoms. The van der Waals surface area contributed by atoms with Crippen molar-refractivity contribution in [1.29, 1.82) is 0 Å². The van der Waals surface area contributed by atoms with Gasteiger partial charge < -0.3 is 4.57 Å². The molecule has 1 amide bonds. The Hall–Kier alpha value is -1.67. The first-order chi connectivity index (χ1) is 11.4. The summed E-state index contributed by atoms with van der Waals surface area (Å²) < 4.78 is 2.02. The van der Waals surface area contributed by atoms with Crippen molar-refractivity contribution in [3.05, 3.63) is 39.9 Å². The smallest absolute Gasteiger partial charge is 0.269 e. The van der Waals surface area contributed by atoms with Crippen molar-refractivity contribution in [3.8, 4) is 0 Å². The first-order valence-electron chi connectivity index (χ1n) is 8.11. The lowest BCUT2D eigenvalue weighted by atomic mass is 10.1. The van der Waals surface area contributed by atoms with E-state index in [-0.39, 0.29) is 16.6 Å². The van der Waals surface area contributed by atoms with Crippen molar-refractivity contribution < 1.29 is 9.72 Å². The molecule has 8 heteroatoms. The van der Waals surface area contributed by atoms with Crippen LogP contribution in [0, 0.1) is 10.1 Å². The van der Waals surface area contributed by atoms with Crippen LogP contribution in [0.3, 0.4) is 0 Å². The lowest BCUT2D eigenvalue weighted by Gasteiger charge is -2.56. The van der Waals surface area contributed by atoms with Crippen LogP contribution in [0.5, 0.6) is 0 Å². The Morgan fingerprint density at radius 2 is 1.88 bits per heavy atom. The van der Waals surface area contributed by atoms with Gasteiger partial charge in [-0.05, 0) is 29.0 Å². The van der Waals surface area contributed by atoms with Crippen LogP contribution < -0.4 is 0 Å². The number of hydrogen-bond donors (Lipinski definition) is 0. The van der Waals surface area contributed by atoms with Crippen LogP contribution in [0.25, 0.3) is 0 Å². The Kier molecular flexibility index (Phi) is 5.16. The lowest BCUT2D eigenvalue weighted by molar-refractivity contribution is -0.384. The normalized spacial score (nSPS) is 21.5. The predicted octanol–water partition coefficient (Wildman–Crippen LogP) is 3.92. The van der Waals surface area contributed by atoms with E-state index in [1.165, 1.54) is 23.9 Å². The van der Waals surface area contributed by atoms with Crippen LogP contribution in [-0.4, -0.2) is 47.5 Å². The molecule has 136 valence electrons. The van der Waals surface area contributed by atoms with Gasteiger partial charge in [0.1, 0.15) is 0 Å². The Bertz CT molecular complexity index is 713. The van der Waals surface area contributed by atoms with E-state index in [4.69, 9.17) is 0 Å². The number of rotatable bonds is 5. The summed E-state index contributed by atoms with van der Waals surface area (Å²) in [5.74, 6) is 0.0738. The molecule has 1 atom stereocenters. The van der Waals surface area contributed by atoms with Crippen molar-refractivity contribution in [2.24, 2.45) is 4.99 Å². The fraction of sp³-hybridized carbons (Fsp3) is 0.529. The summed E-state index contributed by atoms with van der Waals surface area (Å²) in [6.07, 6.45) is 3.54. The molecule has 1 saturated heterocycles. The number of nitro groups is 1. The number of hydrogen-bond acceptors (Lipinski definition) is 5. The van der Waals surface area contributed by atoms with Gasteiger partial charge in [0.25, 0.3) is 11.6 Å². The highest BCUT2D eigenvalue weighted by atomic mass is 32.2. The molecule has 0 aromatic heterocycles. The van der Waals surface area contributed by atoms with Crippen LogP contribution in [0.4, 0.5) is 5.69 Å². The van der Waals surface area contributed by atoms with E-state index in [0.29, 0.717) is 6.54 Å². The number of nitrogens with zero attached hydrogens (tertiary/aromatic N) is 3. The molecule has 1 aromatic carbocycles. The van der Waals surface area contributed by atoms with Crippen LogP contribution in [0.15, 0.2) is 29.3 Å². The molecular formula is C17H25N3O3SSi. The number of β-lactam (4-membered cyclic amide) rings is 1. The zero-order valence-electron chi connectivity index (χ0n) is 15.6.